The molecule has 20 heavy (non-hydrogen) atoms. The summed E-state index contributed by atoms with van der Waals surface area (Å²) in [6.07, 6.45) is -4.47. The van der Waals surface area contributed by atoms with Gasteiger partial charge in [-0.2, -0.15) is 13.2 Å². The largest absolute Gasteiger partial charge is 0.496 e. The summed E-state index contributed by atoms with van der Waals surface area (Å²) >= 11 is 0. The van der Waals surface area contributed by atoms with Crippen LogP contribution in [0.15, 0.2) is 36.4 Å². The minimum Gasteiger partial charge on any atom is -0.496 e. The van der Waals surface area contributed by atoms with Gasteiger partial charge < -0.3 is 10.5 Å². The van der Waals surface area contributed by atoms with E-state index in [0.717, 1.165) is 18.2 Å². The standard InChI is InChI=1S/C14H11F4NO/c1-20-13-5-3-9(15)7-11(13)10-4-2-8(6-12(10)19)14(16,17)18/h2-7H,19H2,1H3. The van der Waals surface area contributed by atoms with Crippen molar-refractivity contribution in [2.24, 2.45) is 0 Å². The zero-order valence-corrected chi connectivity index (χ0v) is 10.5. The Bertz CT molecular complexity index is 638. The monoisotopic (exact) mass is 285 g/mol. The van der Waals surface area contributed by atoms with Crippen molar-refractivity contribution in [2.75, 3.05) is 12.8 Å². The molecule has 0 aliphatic heterocycles. The van der Waals surface area contributed by atoms with Crippen molar-refractivity contribution in [3.8, 4) is 16.9 Å². The molecule has 0 saturated heterocycles. The fourth-order valence-electron chi connectivity index (χ4n) is 1.88. The Morgan fingerprint density at radius 1 is 1.00 bits per heavy atom. The van der Waals surface area contributed by atoms with Gasteiger partial charge in [-0.3, -0.25) is 0 Å². The number of hydrogen-bond donors (Lipinski definition) is 1. The zero-order chi connectivity index (χ0) is 14.9. The maximum absolute atomic E-state index is 13.3. The lowest BCUT2D eigenvalue weighted by Gasteiger charge is -2.13. The second-order valence-corrected chi connectivity index (χ2v) is 4.14. The number of methoxy groups -OCH3 is 1. The molecule has 2 nitrogen and oxygen atoms in total. The normalized spacial score (nSPS) is 11.4. The van der Waals surface area contributed by atoms with Crippen LogP contribution >= 0.6 is 0 Å². The van der Waals surface area contributed by atoms with Gasteiger partial charge in [0.25, 0.3) is 0 Å². The van der Waals surface area contributed by atoms with Crippen LogP contribution in [0.3, 0.4) is 0 Å². The first-order valence-corrected chi connectivity index (χ1v) is 5.63. The molecule has 0 radical (unpaired) electrons. The average molecular weight is 285 g/mol. The van der Waals surface area contributed by atoms with Crippen LogP contribution in [0, 0.1) is 5.82 Å². The molecule has 6 heteroatoms. The van der Waals surface area contributed by atoms with E-state index >= 15 is 0 Å². The van der Waals surface area contributed by atoms with Crippen molar-refractivity contribution in [1.82, 2.24) is 0 Å². The van der Waals surface area contributed by atoms with Crippen LogP contribution in [0.1, 0.15) is 5.56 Å². The van der Waals surface area contributed by atoms with Gasteiger partial charge in [0.15, 0.2) is 0 Å². The highest BCUT2D eigenvalue weighted by molar-refractivity contribution is 5.81. The first-order chi connectivity index (χ1) is 9.32. The average Bonchev–Trinajstić information content (AvgIpc) is 2.37. The molecule has 0 saturated carbocycles. The van der Waals surface area contributed by atoms with Gasteiger partial charge in [-0.05, 0) is 30.3 Å². The molecule has 2 aromatic rings. The number of benzene rings is 2. The molecule has 0 amide bonds. The summed E-state index contributed by atoms with van der Waals surface area (Å²) in [5, 5.41) is 0. The molecule has 0 aliphatic carbocycles. The van der Waals surface area contributed by atoms with E-state index in [1.807, 2.05) is 0 Å². The highest BCUT2D eigenvalue weighted by atomic mass is 19.4. The fraction of sp³-hybridized carbons (Fsp3) is 0.143. The molecule has 0 aromatic heterocycles. The molecule has 0 atom stereocenters. The minimum atomic E-state index is -4.47. The summed E-state index contributed by atoms with van der Waals surface area (Å²) in [5.74, 6) is -0.196. The first-order valence-electron chi connectivity index (χ1n) is 5.63. The molecular weight excluding hydrogens is 274 g/mol. The van der Waals surface area contributed by atoms with Crippen LogP contribution in [0.4, 0.5) is 23.2 Å². The highest BCUT2D eigenvalue weighted by Gasteiger charge is 2.31. The van der Waals surface area contributed by atoms with Crippen molar-refractivity contribution in [3.63, 3.8) is 0 Å². The van der Waals surface area contributed by atoms with Crippen molar-refractivity contribution in [2.45, 2.75) is 6.18 Å². The summed E-state index contributed by atoms with van der Waals surface area (Å²) in [6, 6.07) is 6.67. The second-order valence-electron chi connectivity index (χ2n) is 4.14. The SMILES string of the molecule is COc1ccc(F)cc1-c1ccc(C(F)(F)F)cc1N. The maximum Gasteiger partial charge on any atom is 0.416 e. The topological polar surface area (TPSA) is 35.2 Å². The molecule has 2 aromatic carbocycles. The number of rotatable bonds is 2. The molecule has 2 N–H and O–H groups in total. The Kier molecular flexibility index (Phi) is 3.57. The molecule has 0 fully saturated rings. The lowest BCUT2D eigenvalue weighted by Crippen LogP contribution is -2.06. The number of nitrogen functional groups attached to an aromatic ring is 1. The molecule has 2 rings (SSSR count). The third kappa shape index (κ3) is 2.68. The maximum atomic E-state index is 13.3. The van der Waals surface area contributed by atoms with Gasteiger partial charge in [0.1, 0.15) is 11.6 Å². The van der Waals surface area contributed by atoms with Crippen LogP contribution in [0.2, 0.25) is 0 Å². The molecule has 0 aliphatic rings. The first kappa shape index (κ1) is 14.2. The number of halogens is 4. The van der Waals surface area contributed by atoms with E-state index in [4.69, 9.17) is 10.5 Å². The smallest absolute Gasteiger partial charge is 0.416 e. The lowest BCUT2D eigenvalue weighted by molar-refractivity contribution is -0.137. The van der Waals surface area contributed by atoms with Gasteiger partial charge in [-0.25, -0.2) is 4.39 Å². The van der Waals surface area contributed by atoms with E-state index in [-0.39, 0.29) is 11.3 Å². The highest BCUT2D eigenvalue weighted by Crippen LogP contribution is 2.38. The third-order valence-electron chi connectivity index (χ3n) is 2.83. The Hall–Kier alpha value is -2.24. The summed E-state index contributed by atoms with van der Waals surface area (Å²) < 4.78 is 56.1. The van der Waals surface area contributed by atoms with E-state index < -0.39 is 17.6 Å². The number of anilines is 1. The van der Waals surface area contributed by atoms with Gasteiger partial charge in [0, 0.05) is 16.8 Å². The van der Waals surface area contributed by atoms with E-state index in [9.17, 15) is 17.6 Å². The van der Waals surface area contributed by atoms with Crippen LogP contribution in [0.5, 0.6) is 5.75 Å². The second kappa shape index (κ2) is 5.03. The molecular formula is C14H11F4NO. The van der Waals surface area contributed by atoms with Crippen molar-refractivity contribution in [3.05, 3.63) is 47.8 Å². The number of nitrogens with two attached hydrogens (primary N) is 1. The lowest BCUT2D eigenvalue weighted by atomic mass is 10.0. The van der Waals surface area contributed by atoms with Crippen molar-refractivity contribution < 1.29 is 22.3 Å². The van der Waals surface area contributed by atoms with Crippen LogP contribution in [0.25, 0.3) is 11.1 Å². The summed E-state index contributed by atoms with van der Waals surface area (Å²) in [4.78, 5) is 0. The Morgan fingerprint density at radius 3 is 2.25 bits per heavy atom. The van der Waals surface area contributed by atoms with Gasteiger partial charge in [0.2, 0.25) is 0 Å². The zero-order valence-electron chi connectivity index (χ0n) is 10.5. The minimum absolute atomic E-state index is 0.0938. The molecule has 0 bridgehead atoms. The van der Waals surface area contributed by atoms with Crippen LogP contribution in [-0.4, -0.2) is 7.11 Å². The Morgan fingerprint density at radius 2 is 1.70 bits per heavy atom. The van der Waals surface area contributed by atoms with Gasteiger partial charge in [0.05, 0.1) is 12.7 Å². The molecule has 0 heterocycles. The third-order valence-corrected chi connectivity index (χ3v) is 2.83. The van der Waals surface area contributed by atoms with E-state index in [1.54, 1.807) is 0 Å². The predicted molar refractivity (Wildman–Crippen MR) is 67.8 cm³/mol. The number of alkyl halides is 3. The van der Waals surface area contributed by atoms with Crippen LogP contribution in [-0.2, 0) is 6.18 Å². The molecule has 0 unspecified atom stereocenters. The van der Waals surface area contributed by atoms with Gasteiger partial charge in [-0.1, -0.05) is 6.07 Å². The quantitative estimate of drug-likeness (QED) is 0.666. The predicted octanol–water partition coefficient (Wildman–Crippen LogP) is 4.10. The van der Waals surface area contributed by atoms with Crippen LogP contribution < -0.4 is 10.5 Å². The molecule has 0 spiro atoms. The fourth-order valence-corrected chi connectivity index (χ4v) is 1.88. The summed E-state index contributed by atoms with van der Waals surface area (Å²) in [7, 11) is 1.39. The van der Waals surface area contributed by atoms with E-state index in [2.05, 4.69) is 0 Å². The summed E-state index contributed by atoms with van der Waals surface area (Å²) in [6.45, 7) is 0. The van der Waals surface area contributed by atoms with Gasteiger partial charge in [-0.15, -0.1) is 0 Å². The van der Waals surface area contributed by atoms with E-state index in [1.165, 1.54) is 25.3 Å². The Labute approximate surface area is 112 Å². The Balaban J connectivity index is 2.57. The van der Waals surface area contributed by atoms with E-state index in [0.29, 0.717) is 11.3 Å². The van der Waals surface area contributed by atoms with Crippen molar-refractivity contribution in [1.29, 1.82) is 0 Å². The number of hydrogen-bond acceptors (Lipinski definition) is 2. The summed E-state index contributed by atoms with van der Waals surface area (Å²) in [5.41, 5.74) is 5.29. The van der Waals surface area contributed by atoms with Gasteiger partial charge >= 0.3 is 6.18 Å². The molecule has 106 valence electrons. The van der Waals surface area contributed by atoms with Crippen molar-refractivity contribution >= 4 is 5.69 Å². The number of ether oxygens (including phenoxy) is 1.